The van der Waals surface area contributed by atoms with Crippen molar-refractivity contribution in [2.75, 3.05) is 13.2 Å². The van der Waals surface area contributed by atoms with Gasteiger partial charge in [0.1, 0.15) is 17.2 Å². The largest absolute Gasteiger partial charge is 0.465 e. The zero-order valence-corrected chi connectivity index (χ0v) is 43.3. The van der Waals surface area contributed by atoms with Crippen molar-refractivity contribution in [3.8, 4) is 17.2 Å². The highest BCUT2D eigenvalue weighted by Crippen LogP contribution is 2.34. The van der Waals surface area contributed by atoms with E-state index in [2.05, 4.69) is 80.4 Å². The van der Waals surface area contributed by atoms with E-state index in [9.17, 15) is 0 Å². The zero-order valence-electron chi connectivity index (χ0n) is 43.3. The number of hydrogen-bond acceptors (Lipinski definition) is 6. The van der Waals surface area contributed by atoms with Crippen molar-refractivity contribution in [1.82, 2.24) is 0 Å². The molecule has 6 nitrogen and oxygen atoms in total. The average molecular weight is 973 g/mol. The molecule has 4 aliphatic rings. The van der Waals surface area contributed by atoms with Crippen molar-refractivity contribution in [2.45, 2.75) is 160 Å². The quantitative estimate of drug-likeness (QED) is 0.0644. The van der Waals surface area contributed by atoms with Gasteiger partial charge in [0.25, 0.3) is 0 Å². The predicted molar refractivity (Wildman–Crippen MR) is 298 cm³/mol. The first-order valence-electron chi connectivity index (χ1n) is 27.7. The molecule has 4 fully saturated rings. The van der Waals surface area contributed by atoms with Gasteiger partial charge in [0.15, 0.2) is 0 Å². The van der Waals surface area contributed by atoms with Crippen molar-refractivity contribution in [2.24, 2.45) is 17.8 Å². The minimum absolute atomic E-state index is 0.0759. The molecule has 3 unspecified atom stereocenters. The van der Waals surface area contributed by atoms with Crippen molar-refractivity contribution >= 4 is 18.2 Å². The van der Waals surface area contributed by atoms with Crippen LogP contribution in [0.1, 0.15) is 150 Å². The topological polar surface area (TPSA) is 55.4 Å². The Morgan fingerprint density at radius 3 is 1.01 bits per heavy atom. The summed E-state index contributed by atoms with van der Waals surface area (Å²) in [7, 11) is 0. The monoisotopic (exact) mass is 973 g/mol. The maximum Gasteiger partial charge on any atom is 0.202 e. The van der Waals surface area contributed by atoms with E-state index < -0.39 is 0 Å². The van der Waals surface area contributed by atoms with Gasteiger partial charge < -0.3 is 28.4 Å². The summed E-state index contributed by atoms with van der Waals surface area (Å²) in [5.41, 5.74) is 5.94. The molecule has 3 atom stereocenters. The molecule has 5 aromatic carbocycles. The second kappa shape index (κ2) is 31.2. The third-order valence-corrected chi connectivity index (χ3v) is 14.9. The highest BCUT2D eigenvalue weighted by molar-refractivity contribution is 5.49. The van der Waals surface area contributed by atoms with Crippen molar-refractivity contribution in [3.63, 3.8) is 0 Å². The second-order valence-corrected chi connectivity index (χ2v) is 20.2. The summed E-state index contributed by atoms with van der Waals surface area (Å²) in [5.74, 6) is 4.20. The standard InChI is InChI=1S/C23H28O2.C22H26O2.C21H30O2/c1-2-19-13-15-22(16-14-19)25-23(21-11-7-4-8-12-21)24-18-17-20-9-5-3-6-10-20;1-2-18-12-14-21(15-13-18)24-22(20-10-6-7-11-20)23-17-16-19-8-4-3-5-9-19;1-2-17-13-15-20(16-14-17)23-21(18-9-5-3-6-10-18)22-19-11-7-4-8-12-19/h2-3,5-6,9-10,13-16,21,23H,1,4,7-8,11-12,17-18H2;2-5,8-9,12-15,20,22H,1,6-7,10-11,16-17H2;2,13-16,18-19,21H,1,3-12H2. The summed E-state index contributed by atoms with van der Waals surface area (Å²) in [6.45, 7) is 12.8. The molecule has 4 saturated carbocycles. The normalized spacial score (nSPS) is 17.9. The Bertz CT molecular complexity index is 2220. The van der Waals surface area contributed by atoms with Crippen molar-refractivity contribution < 1.29 is 28.4 Å². The smallest absolute Gasteiger partial charge is 0.202 e. The first-order valence-corrected chi connectivity index (χ1v) is 27.7. The molecule has 0 aliphatic heterocycles. The van der Waals surface area contributed by atoms with Gasteiger partial charge >= 0.3 is 0 Å². The van der Waals surface area contributed by atoms with Crippen LogP contribution < -0.4 is 14.2 Å². The number of benzene rings is 5. The van der Waals surface area contributed by atoms with Crippen LogP contribution >= 0.6 is 0 Å². The predicted octanol–water partition coefficient (Wildman–Crippen LogP) is 17.3. The van der Waals surface area contributed by atoms with Crippen LogP contribution in [0.2, 0.25) is 0 Å². The Morgan fingerprint density at radius 1 is 0.361 bits per heavy atom. The van der Waals surface area contributed by atoms with Gasteiger partial charge in [0.05, 0.1) is 19.3 Å². The van der Waals surface area contributed by atoms with Crippen LogP contribution in [0.25, 0.3) is 18.2 Å². The molecule has 9 rings (SSSR count). The van der Waals surface area contributed by atoms with Crippen LogP contribution in [0.15, 0.2) is 153 Å². The molecule has 6 heteroatoms. The Labute approximate surface area is 433 Å². The third-order valence-electron chi connectivity index (χ3n) is 14.9. The Hall–Kier alpha value is -5.40. The molecule has 0 aromatic heterocycles. The van der Waals surface area contributed by atoms with E-state index >= 15 is 0 Å². The lowest BCUT2D eigenvalue weighted by Crippen LogP contribution is -2.36. The summed E-state index contributed by atoms with van der Waals surface area (Å²) < 4.78 is 37.5. The molecule has 4 aliphatic carbocycles. The van der Waals surface area contributed by atoms with Crippen LogP contribution in [0.3, 0.4) is 0 Å². The first kappa shape index (κ1) is 54.4. The van der Waals surface area contributed by atoms with E-state index in [-0.39, 0.29) is 18.9 Å². The van der Waals surface area contributed by atoms with Gasteiger partial charge in [0.2, 0.25) is 18.9 Å². The molecule has 0 radical (unpaired) electrons. The van der Waals surface area contributed by atoms with Crippen molar-refractivity contribution in [3.05, 3.63) is 181 Å². The molecule has 72 heavy (non-hydrogen) atoms. The molecular weight excluding hydrogens is 889 g/mol. The Balaban J connectivity index is 0.000000159. The van der Waals surface area contributed by atoms with Gasteiger partial charge in [-0.05, 0) is 128 Å². The van der Waals surface area contributed by atoms with Gasteiger partial charge in [-0.15, -0.1) is 0 Å². The summed E-state index contributed by atoms with van der Waals surface area (Å²) in [5, 5.41) is 0. The maximum absolute atomic E-state index is 6.45. The van der Waals surface area contributed by atoms with Crippen LogP contribution in [0, 0.1) is 17.8 Å². The highest BCUT2D eigenvalue weighted by Gasteiger charge is 2.30. The van der Waals surface area contributed by atoms with E-state index in [0.717, 1.165) is 46.8 Å². The van der Waals surface area contributed by atoms with Crippen LogP contribution in [0.5, 0.6) is 17.2 Å². The fourth-order valence-electron chi connectivity index (χ4n) is 10.5. The summed E-state index contributed by atoms with van der Waals surface area (Å²) in [6, 6.07) is 45.3. The van der Waals surface area contributed by atoms with Crippen LogP contribution in [-0.4, -0.2) is 38.2 Å². The van der Waals surface area contributed by atoms with Crippen LogP contribution in [0.4, 0.5) is 0 Å². The molecule has 0 bridgehead atoms. The lowest BCUT2D eigenvalue weighted by molar-refractivity contribution is -0.161. The van der Waals surface area contributed by atoms with E-state index in [4.69, 9.17) is 28.4 Å². The third kappa shape index (κ3) is 18.9. The SMILES string of the molecule is C=Cc1ccc(OC(OC2CCCCC2)C2CCCCC2)cc1.C=Cc1ccc(OC(OCCc2ccccc2)C2CCCC2)cc1.C=Cc1ccc(OC(OCCc2ccccc2)C2CCCCC2)cc1. The van der Waals surface area contributed by atoms with Gasteiger partial charge in [-0.2, -0.15) is 0 Å². The summed E-state index contributed by atoms with van der Waals surface area (Å²) in [4.78, 5) is 0. The molecule has 0 spiro atoms. The molecule has 0 amide bonds. The Kier molecular flexibility index (Phi) is 23.6. The fraction of sp³-hybridized carbons (Fsp3) is 0.455. The van der Waals surface area contributed by atoms with E-state index in [0.29, 0.717) is 37.1 Å². The zero-order chi connectivity index (χ0) is 49.8. The fourth-order valence-corrected chi connectivity index (χ4v) is 10.5. The Morgan fingerprint density at radius 2 is 0.667 bits per heavy atom. The molecule has 5 aromatic rings. The summed E-state index contributed by atoms with van der Waals surface area (Å²) in [6.07, 6.45) is 31.5. The van der Waals surface area contributed by atoms with Gasteiger partial charge in [-0.25, -0.2) is 0 Å². The first-order chi connectivity index (χ1) is 35.5. The average Bonchev–Trinajstić information content (AvgIpc) is 4.00. The van der Waals surface area contributed by atoms with E-state index in [1.165, 1.54) is 133 Å². The molecule has 0 saturated heterocycles. The highest BCUT2D eigenvalue weighted by atomic mass is 16.7. The second-order valence-electron chi connectivity index (χ2n) is 20.2. The van der Waals surface area contributed by atoms with E-state index in [1.807, 2.05) is 91.0 Å². The molecule has 0 N–H and O–H groups in total. The lowest BCUT2D eigenvalue weighted by atomic mass is 9.88. The van der Waals surface area contributed by atoms with Gasteiger partial charge in [-0.3, -0.25) is 0 Å². The number of rotatable bonds is 22. The minimum Gasteiger partial charge on any atom is -0.465 e. The van der Waals surface area contributed by atoms with Crippen LogP contribution in [-0.2, 0) is 27.1 Å². The molecular formula is C66H84O6. The molecule has 0 heterocycles. The van der Waals surface area contributed by atoms with Crippen molar-refractivity contribution in [1.29, 1.82) is 0 Å². The number of ether oxygens (including phenoxy) is 6. The summed E-state index contributed by atoms with van der Waals surface area (Å²) >= 11 is 0. The number of hydrogen-bond donors (Lipinski definition) is 0. The molecule has 384 valence electrons. The van der Waals surface area contributed by atoms with E-state index in [1.54, 1.807) is 0 Å². The minimum atomic E-state index is -0.154. The van der Waals surface area contributed by atoms with Gasteiger partial charge in [0, 0.05) is 17.8 Å². The van der Waals surface area contributed by atoms with Gasteiger partial charge in [-0.1, -0.05) is 206 Å². The maximum atomic E-state index is 6.45. The lowest BCUT2D eigenvalue weighted by Gasteiger charge is -2.34.